The number of carboxylic acids is 1. The van der Waals surface area contributed by atoms with E-state index in [0.717, 1.165) is 32.1 Å². The van der Waals surface area contributed by atoms with Gasteiger partial charge in [0.2, 0.25) is 0 Å². The largest absolute Gasteiger partial charge is 0.481 e. The highest BCUT2D eigenvalue weighted by molar-refractivity contribution is 5.66. The molecule has 0 aromatic rings. The molecule has 1 heterocycles. The van der Waals surface area contributed by atoms with Crippen LogP contribution in [0.2, 0.25) is 0 Å². The van der Waals surface area contributed by atoms with Crippen molar-refractivity contribution in [1.82, 2.24) is 0 Å². The van der Waals surface area contributed by atoms with E-state index < -0.39 is 48.9 Å². The number of carboxylic acid groups (broad SMARTS) is 1. The van der Waals surface area contributed by atoms with Gasteiger partial charge < -0.3 is 35.0 Å². The SMILES string of the molecule is CC1(C)C=CCC2(C)C1CCC1(C)C2CC=C2C([C@](C)(CCC(=O)O)OC3OC(CO)C(O)C(O)C3O)CC[C@]21C. The van der Waals surface area contributed by atoms with Crippen LogP contribution in [0.4, 0.5) is 0 Å². The molecule has 232 valence electrons. The average Bonchev–Trinajstić information content (AvgIpc) is 3.26. The zero-order valence-corrected chi connectivity index (χ0v) is 25.7. The number of allylic oxidation sites excluding steroid dienone is 3. The lowest BCUT2D eigenvalue weighted by Crippen LogP contribution is -2.61. The van der Waals surface area contributed by atoms with Gasteiger partial charge in [0.15, 0.2) is 6.29 Å². The molecule has 5 rings (SSSR count). The quantitative estimate of drug-likeness (QED) is 0.285. The van der Waals surface area contributed by atoms with Crippen molar-refractivity contribution in [3.05, 3.63) is 23.8 Å². The van der Waals surface area contributed by atoms with Crippen LogP contribution in [0.1, 0.15) is 92.9 Å². The van der Waals surface area contributed by atoms with Crippen molar-refractivity contribution in [3.63, 3.8) is 0 Å². The number of carbonyl (C=O) groups is 1. The number of aliphatic carboxylic acids is 1. The molecule has 0 aromatic carbocycles. The highest BCUT2D eigenvalue weighted by Crippen LogP contribution is 2.74. The van der Waals surface area contributed by atoms with E-state index in [1.165, 1.54) is 12.0 Å². The standard InChI is InChI=1S/C33H52O8/c1-29(2)13-7-14-30(3)22(29)11-16-32(5)23(30)9-8-19-20(10-15-31(19,32)4)33(6,17-12-24(35)36)41-28-27(39)26(38)25(37)21(18-34)40-28/h7-8,13,20-23,25-28,34,37-39H,9-12,14-18H2,1-6H3,(H,35,36)/t20?,21?,22?,23?,25?,26?,27?,28?,30?,31-,32?,33+/m1/s1. The van der Waals surface area contributed by atoms with Crippen LogP contribution in [0, 0.1) is 39.4 Å². The molecule has 5 N–H and O–H groups in total. The first-order valence-electron chi connectivity index (χ1n) is 15.6. The van der Waals surface area contributed by atoms with E-state index in [1.807, 2.05) is 6.92 Å². The maximum atomic E-state index is 11.8. The van der Waals surface area contributed by atoms with E-state index in [2.05, 4.69) is 52.8 Å². The van der Waals surface area contributed by atoms with Gasteiger partial charge in [0.25, 0.3) is 0 Å². The van der Waals surface area contributed by atoms with Gasteiger partial charge in [-0.05, 0) is 85.4 Å². The van der Waals surface area contributed by atoms with Gasteiger partial charge in [0, 0.05) is 12.3 Å². The molecule has 3 fully saturated rings. The fourth-order valence-electron chi connectivity index (χ4n) is 10.4. The molecule has 8 heteroatoms. The number of ether oxygens (including phenoxy) is 2. The third kappa shape index (κ3) is 4.67. The Morgan fingerprint density at radius 3 is 2.41 bits per heavy atom. The Hall–Kier alpha value is -1.29. The minimum atomic E-state index is -1.55. The van der Waals surface area contributed by atoms with Crippen LogP contribution in [0.3, 0.4) is 0 Å². The molecular weight excluding hydrogens is 524 g/mol. The van der Waals surface area contributed by atoms with E-state index in [-0.39, 0.29) is 40.4 Å². The topological polar surface area (TPSA) is 137 Å². The van der Waals surface area contributed by atoms with Crippen molar-refractivity contribution in [2.24, 2.45) is 39.4 Å². The van der Waals surface area contributed by atoms with Crippen LogP contribution in [0.15, 0.2) is 23.8 Å². The Bertz CT molecular complexity index is 1080. The second kappa shape index (κ2) is 10.4. The average molecular weight is 577 g/mol. The van der Waals surface area contributed by atoms with Crippen LogP contribution in [-0.2, 0) is 14.3 Å². The van der Waals surface area contributed by atoms with Crippen molar-refractivity contribution in [3.8, 4) is 0 Å². The van der Waals surface area contributed by atoms with Crippen molar-refractivity contribution in [1.29, 1.82) is 0 Å². The normalized spacial score (nSPS) is 48.4. The van der Waals surface area contributed by atoms with Crippen LogP contribution in [0.5, 0.6) is 0 Å². The molecule has 41 heavy (non-hydrogen) atoms. The predicted octanol–water partition coefficient (Wildman–Crippen LogP) is 4.20. The van der Waals surface area contributed by atoms with E-state index in [1.54, 1.807) is 0 Å². The Balaban J connectivity index is 1.49. The summed E-state index contributed by atoms with van der Waals surface area (Å²) < 4.78 is 12.3. The van der Waals surface area contributed by atoms with Gasteiger partial charge in [0.05, 0.1) is 12.2 Å². The van der Waals surface area contributed by atoms with Crippen molar-refractivity contribution in [2.75, 3.05) is 6.61 Å². The Kier molecular flexibility index (Phi) is 7.91. The van der Waals surface area contributed by atoms with Gasteiger partial charge in [-0.3, -0.25) is 4.79 Å². The Morgan fingerprint density at radius 2 is 1.76 bits per heavy atom. The maximum absolute atomic E-state index is 11.8. The summed E-state index contributed by atoms with van der Waals surface area (Å²) in [5, 5.41) is 50.8. The number of hydrogen-bond acceptors (Lipinski definition) is 7. The van der Waals surface area contributed by atoms with Gasteiger partial charge in [-0.1, -0.05) is 58.4 Å². The fourth-order valence-corrected chi connectivity index (χ4v) is 10.4. The summed E-state index contributed by atoms with van der Waals surface area (Å²) >= 11 is 0. The molecule has 0 spiro atoms. The summed E-state index contributed by atoms with van der Waals surface area (Å²) in [6.07, 6.45) is 6.57. The number of fused-ring (bicyclic) bond motifs is 5. The summed E-state index contributed by atoms with van der Waals surface area (Å²) in [7, 11) is 0. The van der Waals surface area contributed by atoms with Crippen LogP contribution in [-0.4, -0.2) is 74.4 Å². The summed E-state index contributed by atoms with van der Waals surface area (Å²) in [5.41, 5.74) is 0.689. The number of hydrogen-bond donors (Lipinski definition) is 5. The summed E-state index contributed by atoms with van der Waals surface area (Å²) in [5.74, 6) is 0.134. The van der Waals surface area contributed by atoms with E-state index in [9.17, 15) is 30.3 Å². The van der Waals surface area contributed by atoms with E-state index >= 15 is 0 Å². The first kappa shape index (κ1) is 31.1. The van der Waals surface area contributed by atoms with Gasteiger partial charge in [-0.2, -0.15) is 0 Å². The highest BCUT2D eigenvalue weighted by Gasteiger charge is 2.66. The van der Waals surface area contributed by atoms with Gasteiger partial charge in [0.1, 0.15) is 24.4 Å². The third-order valence-corrected chi connectivity index (χ3v) is 12.9. The Labute approximate surface area is 244 Å². The van der Waals surface area contributed by atoms with E-state index in [0.29, 0.717) is 11.8 Å². The van der Waals surface area contributed by atoms with Crippen molar-refractivity contribution in [2.45, 2.75) is 129 Å². The molecule has 0 amide bonds. The number of rotatable bonds is 7. The molecular formula is C33H52O8. The fraction of sp³-hybridized carbons (Fsp3) is 0.848. The molecule has 10 unspecified atom stereocenters. The lowest BCUT2D eigenvalue weighted by Gasteiger charge is -2.66. The number of aliphatic hydroxyl groups is 4. The van der Waals surface area contributed by atoms with Crippen molar-refractivity contribution < 1.29 is 39.8 Å². The molecule has 1 aliphatic heterocycles. The van der Waals surface area contributed by atoms with Gasteiger partial charge in [-0.25, -0.2) is 0 Å². The lowest BCUT2D eigenvalue weighted by atomic mass is 9.38. The van der Waals surface area contributed by atoms with E-state index in [4.69, 9.17) is 9.47 Å². The maximum Gasteiger partial charge on any atom is 0.303 e. The molecule has 0 aromatic heterocycles. The highest BCUT2D eigenvalue weighted by atomic mass is 16.7. The summed E-state index contributed by atoms with van der Waals surface area (Å²) in [6.45, 7) is 13.5. The van der Waals surface area contributed by atoms with Gasteiger partial charge in [-0.15, -0.1) is 0 Å². The minimum Gasteiger partial charge on any atom is -0.481 e. The molecule has 0 bridgehead atoms. The second-order valence-corrected chi connectivity index (χ2v) is 15.3. The second-order valence-electron chi connectivity index (χ2n) is 15.3. The smallest absolute Gasteiger partial charge is 0.303 e. The molecule has 4 aliphatic carbocycles. The summed E-state index contributed by atoms with van der Waals surface area (Å²) in [4.78, 5) is 11.8. The first-order chi connectivity index (χ1) is 19.0. The molecule has 2 saturated carbocycles. The molecule has 0 radical (unpaired) electrons. The Morgan fingerprint density at radius 1 is 1.05 bits per heavy atom. The number of aliphatic hydroxyl groups excluding tert-OH is 4. The van der Waals surface area contributed by atoms with Crippen LogP contribution >= 0.6 is 0 Å². The zero-order chi connectivity index (χ0) is 30.2. The first-order valence-corrected chi connectivity index (χ1v) is 15.6. The van der Waals surface area contributed by atoms with Crippen LogP contribution in [0.25, 0.3) is 0 Å². The zero-order valence-electron chi connectivity index (χ0n) is 25.7. The monoisotopic (exact) mass is 576 g/mol. The lowest BCUT2D eigenvalue weighted by molar-refractivity contribution is -0.330. The minimum absolute atomic E-state index is 0.0786. The molecule has 5 aliphatic rings. The predicted molar refractivity (Wildman–Crippen MR) is 154 cm³/mol. The van der Waals surface area contributed by atoms with Crippen LogP contribution < -0.4 is 0 Å². The molecule has 8 nitrogen and oxygen atoms in total. The third-order valence-electron chi connectivity index (χ3n) is 12.9. The molecule has 12 atom stereocenters. The molecule has 1 saturated heterocycles. The van der Waals surface area contributed by atoms with Gasteiger partial charge >= 0.3 is 5.97 Å². The summed E-state index contributed by atoms with van der Waals surface area (Å²) in [6, 6.07) is 0. The van der Waals surface area contributed by atoms with Crippen molar-refractivity contribution >= 4 is 5.97 Å².